The van der Waals surface area contributed by atoms with Crippen LogP contribution < -0.4 is 11.1 Å². The normalized spacial score (nSPS) is 14.0. The quantitative estimate of drug-likeness (QED) is 0.671. The molecule has 0 aliphatic carbocycles. The summed E-state index contributed by atoms with van der Waals surface area (Å²) in [6.45, 7) is 1.18. The van der Waals surface area contributed by atoms with Crippen molar-refractivity contribution in [1.82, 2.24) is 10.2 Å². The lowest BCUT2D eigenvalue weighted by Gasteiger charge is -2.25. The number of amides is 1. The third-order valence-electron chi connectivity index (χ3n) is 3.48. The Kier molecular flexibility index (Phi) is 7.97. The fourth-order valence-corrected chi connectivity index (χ4v) is 2.18. The van der Waals surface area contributed by atoms with Gasteiger partial charge in [-0.05, 0) is 32.5 Å². The molecule has 0 aromatic heterocycles. The van der Waals surface area contributed by atoms with E-state index in [1.807, 2.05) is 32.3 Å². The molecule has 1 aromatic rings. The molecule has 0 fully saturated rings. The summed E-state index contributed by atoms with van der Waals surface area (Å²) in [6, 6.07) is 9.79. The van der Waals surface area contributed by atoms with E-state index in [1.54, 1.807) is 7.11 Å². The number of methoxy groups -OCH3 is 1. The Bertz CT molecular complexity index is 409. The van der Waals surface area contributed by atoms with Gasteiger partial charge in [0.2, 0.25) is 5.91 Å². The van der Waals surface area contributed by atoms with Gasteiger partial charge in [0, 0.05) is 20.3 Å². The van der Waals surface area contributed by atoms with Gasteiger partial charge in [-0.15, -0.1) is 0 Å². The molecule has 0 saturated heterocycles. The Balaban J connectivity index is 2.48. The zero-order chi connectivity index (χ0) is 15.7. The number of benzene rings is 1. The van der Waals surface area contributed by atoms with Crippen LogP contribution in [0.5, 0.6) is 0 Å². The van der Waals surface area contributed by atoms with Gasteiger partial charge in [0.15, 0.2) is 0 Å². The number of hydrogen-bond donors (Lipinski definition) is 2. The van der Waals surface area contributed by atoms with Crippen molar-refractivity contribution < 1.29 is 9.53 Å². The van der Waals surface area contributed by atoms with Crippen LogP contribution in [-0.2, 0) is 9.53 Å². The molecule has 0 aliphatic rings. The highest BCUT2D eigenvalue weighted by Crippen LogP contribution is 2.16. The maximum atomic E-state index is 12.0. The van der Waals surface area contributed by atoms with E-state index in [0.717, 1.165) is 6.42 Å². The minimum atomic E-state index is -0.473. The number of ether oxygens (including phenoxy) is 1. The summed E-state index contributed by atoms with van der Waals surface area (Å²) >= 11 is 0. The second-order valence-electron chi connectivity index (χ2n) is 5.38. The Morgan fingerprint density at radius 1 is 1.33 bits per heavy atom. The molecule has 21 heavy (non-hydrogen) atoms. The SMILES string of the molecule is COCCCC(N)C(=O)NCC(c1ccccc1)N(C)C. The van der Waals surface area contributed by atoms with E-state index < -0.39 is 6.04 Å². The van der Waals surface area contributed by atoms with Gasteiger partial charge in [0.1, 0.15) is 0 Å². The van der Waals surface area contributed by atoms with Crippen molar-refractivity contribution in [3.05, 3.63) is 35.9 Å². The molecular weight excluding hydrogens is 266 g/mol. The summed E-state index contributed by atoms with van der Waals surface area (Å²) in [4.78, 5) is 14.1. The van der Waals surface area contributed by atoms with Crippen molar-refractivity contribution in [2.24, 2.45) is 5.73 Å². The number of rotatable bonds is 9. The Labute approximate surface area is 127 Å². The number of hydrogen-bond acceptors (Lipinski definition) is 4. The van der Waals surface area contributed by atoms with Crippen molar-refractivity contribution in [3.63, 3.8) is 0 Å². The first kappa shape index (κ1) is 17.6. The molecule has 0 radical (unpaired) electrons. The molecule has 1 amide bonds. The van der Waals surface area contributed by atoms with Crippen molar-refractivity contribution in [3.8, 4) is 0 Å². The lowest BCUT2D eigenvalue weighted by atomic mass is 10.1. The van der Waals surface area contributed by atoms with Crippen molar-refractivity contribution in [2.75, 3.05) is 34.4 Å². The van der Waals surface area contributed by atoms with Crippen molar-refractivity contribution in [2.45, 2.75) is 24.9 Å². The van der Waals surface area contributed by atoms with Crippen LogP contribution >= 0.6 is 0 Å². The second-order valence-corrected chi connectivity index (χ2v) is 5.38. The molecule has 1 aromatic carbocycles. The van der Waals surface area contributed by atoms with Crippen LogP contribution in [0.15, 0.2) is 30.3 Å². The number of nitrogens with two attached hydrogens (primary N) is 1. The summed E-state index contributed by atoms with van der Waals surface area (Å²) in [5.41, 5.74) is 7.05. The lowest BCUT2D eigenvalue weighted by molar-refractivity contribution is -0.122. The van der Waals surface area contributed by atoms with E-state index in [-0.39, 0.29) is 11.9 Å². The molecule has 2 unspecified atom stereocenters. The van der Waals surface area contributed by atoms with Crippen LogP contribution in [0, 0.1) is 0 Å². The van der Waals surface area contributed by atoms with E-state index in [4.69, 9.17) is 10.5 Å². The zero-order valence-corrected chi connectivity index (χ0v) is 13.2. The average Bonchev–Trinajstić information content (AvgIpc) is 2.48. The van der Waals surface area contributed by atoms with Crippen LogP contribution in [-0.4, -0.2) is 51.2 Å². The Hall–Kier alpha value is -1.43. The fraction of sp³-hybridized carbons (Fsp3) is 0.562. The first-order chi connectivity index (χ1) is 10.1. The van der Waals surface area contributed by atoms with Gasteiger partial charge in [0.05, 0.1) is 12.1 Å². The summed E-state index contributed by atoms with van der Waals surface area (Å²) in [5, 5.41) is 2.94. The minimum Gasteiger partial charge on any atom is -0.385 e. The molecule has 0 bridgehead atoms. The van der Waals surface area contributed by atoms with Crippen molar-refractivity contribution >= 4 is 5.91 Å². The van der Waals surface area contributed by atoms with Gasteiger partial charge in [-0.3, -0.25) is 4.79 Å². The first-order valence-corrected chi connectivity index (χ1v) is 7.30. The van der Waals surface area contributed by atoms with Gasteiger partial charge >= 0.3 is 0 Å². The monoisotopic (exact) mass is 293 g/mol. The van der Waals surface area contributed by atoms with E-state index >= 15 is 0 Å². The highest BCUT2D eigenvalue weighted by Gasteiger charge is 2.17. The average molecular weight is 293 g/mol. The minimum absolute atomic E-state index is 0.103. The summed E-state index contributed by atoms with van der Waals surface area (Å²) < 4.78 is 4.97. The highest BCUT2D eigenvalue weighted by molar-refractivity contribution is 5.81. The maximum Gasteiger partial charge on any atom is 0.236 e. The van der Waals surface area contributed by atoms with Crippen LogP contribution in [0.1, 0.15) is 24.4 Å². The third-order valence-corrected chi connectivity index (χ3v) is 3.48. The zero-order valence-electron chi connectivity index (χ0n) is 13.2. The summed E-state index contributed by atoms with van der Waals surface area (Å²) in [6.07, 6.45) is 1.43. The third kappa shape index (κ3) is 6.25. The molecule has 0 heterocycles. The number of likely N-dealkylation sites (N-methyl/N-ethyl adjacent to an activating group) is 1. The van der Waals surface area contributed by atoms with Crippen LogP contribution in [0.3, 0.4) is 0 Å². The largest absolute Gasteiger partial charge is 0.385 e. The second kappa shape index (κ2) is 9.50. The summed E-state index contributed by atoms with van der Waals surface area (Å²) in [7, 11) is 5.65. The number of carbonyl (C=O) groups is 1. The van der Waals surface area contributed by atoms with Gasteiger partial charge in [-0.1, -0.05) is 30.3 Å². The number of carbonyl (C=O) groups excluding carboxylic acids is 1. The molecular formula is C16H27N3O2. The van der Waals surface area contributed by atoms with E-state index in [9.17, 15) is 4.79 Å². The molecule has 5 nitrogen and oxygen atoms in total. The molecule has 2 atom stereocenters. The summed E-state index contributed by atoms with van der Waals surface area (Å²) in [5.74, 6) is -0.103. The molecule has 0 saturated carbocycles. The van der Waals surface area contributed by atoms with Crippen molar-refractivity contribution in [1.29, 1.82) is 0 Å². The van der Waals surface area contributed by atoms with Crippen LogP contribution in [0.2, 0.25) is 0 Å². The number of nitrogens with zero attached hydrogens (tertiary/aromatic N) is 1. The molecule has 0 spiro atoms. The van der Waals surface area contributed by atoms with Gasteiger partial charge < -0.3 is 20.7 Å². The smallest absolute Gasteiger partial charge is 0.236 e. The molecule has 0 aliphatic heterocycles. The Morgan fingerprint density at radius 2 is 2.00 bits per heavy atom. The predicted molar refractivity (Wildman–Crippen MR) is 85.0 cm³/mol. The van der Waals surface area contributed by atoms with Gasteiger partial charge in [0.25, 0.3) is 0 Å². The lowest BCUT2D eigenvalue weighted by Crippen LogP contribution is -2.43. The predicted octanol–water partition coefficient (Wildman–Crippen LogP) is 1.16. The van der Waals surface area contributed by atoms with E-state index in [1.165, 1.54) is 5.56 Å². The molecule has 3 N–H and O–H groups in total. The molecule has 118 valence electrons. The Morgan fingerprint density at radius 3 is 2.57 bits per heavy atom. The van der Waals surface area contributed by atoms with Crippen LogP contribution in [0.4, 0.5) is 0 Å². The molecule has 1 rings (SSSR count). The highest BCUT2D eigenvalue weighted by atomic mass is 16.5. The maximum absolute atomic E-state index is 12.0. The number of nitrogens with one attached hydrogen (secondary N) is 1. The van der Waals surface area contributed by atoms with E-state index in [0.29, 0.717) is 19.6 Å². The van der Waals surface area contributed by atoms with E-state index in [2.05, 4.69) is 22.3 Å². The van der Waals surface area contributed by atoms with Gasteiger partial charge in [-0.25, -0.2) is 0 Å². The topological polar surface area (TPSA) is 67.6 Å². The first-order valence-electron chi connectivity index (χ1n) is 7.30. The standard InChI is InChI=1S/C16H27N3O2/c1-19(2)15(13-8-5-4-6-9-13)12-18-16(20)14(17)10-7-11-21-3/h4-6,8-9,14-15H,7,10-12,17H2,1-3H3,(H,18,20). The van der Waals surface area contributed by atoms with Gasteiger partial charge in [-0.2, -0.15) is 0 Å². The molecule has 5 heteroatoms. The van der Waals surface area contributed by atoms with Crippen LogP contribution in [0.25, 0.3) is 0 Å². The fourth-order valence-electron chi connectivity index (χ4n) is 2.18.